The van der Waals surface area contributed by atoms with Crippen LogP contribution in [0.3, 0.4) is 0 Å². The maximum atomic E-state index is 5.95. The summed E-state index contributed by atoms with van der Waals surface area (Å²) in [5, 5.41) is 4.44. The molecule has 1 spiro atoms. The summed E-state index contributed by atoms with van der Waals surface area (Å²) in [6.07, 6.45) is 7.39. The number of anilines is 2. The van der Waals surface area contributed by atoms with E-state index < -0.39 is 0 Å². The van der Waals surface area contributed by atoms with E-state index in [-0.39, 0.29) is 5.41 Å². The summed E-state index contributed by atoms with van der Waals surface area (Å²) in [5.74, 6) is 2.63. The lowest BCUT2D eigenvalue weighted by molar-refractivity contribution is 0.405. The van der Waals surface area contributed by atoms with Gasteiger partial charge in [-0.1, -0.05) is 23.4 Å². The fourth-order valence-electron chi connectivity index (χ4n) is 5.13. The normalized spacial score (nSPS) is 18.4. The molecule has 2 fully saturated rings. The molecule has 0 radical (unpaired) electrons. The van der Waals surface area contributed by atoms with E-state index in [0.717, 1.165) is 41.7 Å². The van der Waals surface area contributed by atoms with Gasteiger partial charge in [-0.25, -0.2) is 0 Å². The molecule has 0 unspecified atom stereocenters. The van der Waals surface area contributed by atoms with Crippen LogP contribution >= 0.6 is 11.9 Å². The first-order valence-electron chi connectivity index (χ1n) is 11.2. The first-order valence-corrected chi connectivity index (χ1v) is 12.0. The van der Waals surface area contributed by atoms with E-state index in [1.807, 2.05) is 24.3 Å². The van der Waals surface area contributed by atoms with Crippen molar-refractivity contribution in [2.75, 3.05) is 29.8 Å². The summed E-state index contributed by atoms with van der Waals surface area (Å²) in [6.45, 7) is 2.30. The molecular formula is C25H27N3O2S. The number of fused-ring (bicyclic) bond motifs is 4. The van der Waals surface area contributed by atoms with E-state index in [1.54, 1.807) is 7.11 Å². The zero-order valence-electron chi connectivity index (χ0n) is 17.8. The summed E-state index contributed by atoms with van der Waals surface area (Å²) < 4.78 is 14.9. The predicted molar refractivity (Wildman–Crippen MR) is 125 cm³/mol. The van der Waals surface area contributed by atoms with Gasteiger partial charge in [-0.05, 0) is 80.3 Å². The van der Waals surface area contributed by atoms with Crippen LogP contribution in [0.1, 0.15) is 43.2 Å². The van der Waals surface area contributed by atoms with Gasteiger partial charge in [0.1, 0.15) is 5.75 Å². The summed E-state index contributed by atoms with van der Waals surface area (Å²) in [4.78, 5) is 3.55. The number of rotatable bonds is 5. The molecule has 2 aliphatic carbocycles. The molecule has 6 heteroatoms. The number of benzene rings is 2. The average molecular weight is 434 g/mol. The summed E-state index contributed by atoms with van der Waals surface area (Å²) >= 11 is 1.52. The Morgan fingerprint density at radius 3 is 2.74 bits per heavy atom. The van der Waals surface area contributed by atoms with E-state index in [4.69, 9.17) is 9.26 Å². The Morgan fingerprint density at radius 1 is 1.10 bits per heavy atom. The first-order chi connectivity index (χ1) is 15.3. The molecular weight excluding hydrogens is 406 g/mol. The van der Waals surface area contributed by atoms with Crippen molar-refractivity contribution < 1.29 is 9.26 Å². The van der Waals surface area contributed by atoms with Crippen LogP contribution in [0.2, 0.25) is 0 Å². The third-order valence-corrected chi connectivity index (χ3v) is 7.88. The number of aromatic nitrogens is 1. The minimum Gasteiger partial charge on any atom is -0.496 e. The second-order valence-corrected chi connectivity index (χ2v) is 9.78. The lowest BCUT2D eigenvalue weighted by atomic mass is 9.79. The Labute approximate surface area is 187 Å². The Hall–Kier alpha value is -2.60. The summed E-state index contributed by atoms with van der Waals surface area (Å²) in [6, 6.07) is 15.0. The van der Waals surface area contributed by atoms with Crippen molar-refractivity contribution in [2.24, 2.45) is 0 Å². The molecule has 160 valence electrons. The molecule has 1 saturated heterocycles. The molecule has 0 amide bonds. The van der Waals surface area contributed by atoms with Gasteiger partial charge in [0, 0.05) is 35.3 Å². The van der Waals surface area contributed by atoms with Crippen LogP contribution in [-0.2, 0) is 11.8 Å². The van der Waals surface area contributed by atoms with Crippen LogP contribution in [0.25, 0.3) is 11.3 Å². The van der Waals surface area contributed by atoms with Crippen molar-refractivity contribution in [2.45, 2.75) is 48.8 Å². The quantitative estimate of drug-likeness (QED) is 0.495. The zero-order chi connectivity index (χ0) is 20.8. The second kappa shape index (κ2) is 7.52. The van der Waals surface area contributed by atoms with Gasteiger partial charge in [-0.2, -0.15) is 0 Å². The van der Waals surface area contributed by atoms with Gasteiger partial charge in [0.15, 0.2) is 11.6 Å². The second-order valence-electron chi connectivity index (χ2n) is 8.93. The van der Waals surface area contributed by atoms with E-state index in [9.17, 15) is 0 Å². The van der Waals surface area contributed by atoms with Crippen molar-refractivity contribution in [1.82, 2.24) is 5.16 Å². The number of nitrogens with one attached hydrogen (secondary N) is 1. The maximum Gasteiger partial charge on any atom is 0.183 e. The van der Waals surface area contributed by atoms with Gasteiger partial charge < -0.3 is 18.9 Å². The lowest BCUT2D eigenvalue weighted by Gasteiger charge is -2.31. The van der Waals surface area contributed by atoms with Gasteiger partial charge in [0.25, 0.3) is 0 Å². The Kier molecular flexibility index (Phi) is 4.64. The topological polar surface area (TPSA) is 50.5 Å². The Balaban J connectivity index is 1.33. The van der Waals surface area contributed by atoms with E-state index in [1.165, 1.54) is 66.4 Å². The highest BCUT2D eigenvalue weighted by atomic mass is 32.2. The molecule has 1 aromatic heterocycles. The smallest absolute Gasteiger partial charge is 0.183 e. The van der Waals surface area contributed by atoms with E-state index >= 15 is 0 Å². The number of ether oxygens (including phenoxy) is 1. The van der Waals surface area contributed by atoms with Gasteiger partial charge >= 0.3 is 0 Å². The lowest BCUT2D eigenvalue weighted by Crippen LogP contribution is -2.29. The van der Waals surface area contributed by atoms with Crippen LogP contribution in [0.4, 0.5) is 11.5 Å². The SMILES string of the molecule is COc1ccccc1SNc1noc2c1CC1(CC1)c1ccc(N3CCCCC3)cc1-2. The molecule has 0 bridgehead atoms. The molecule has 1 N–H and O–H groups in total. The highest BCUT2D eigenvalue weighted by molar-refractivity contribution is 8.00. The van der Waals surface area contributed by atoms with Gasteiger partial charge in [-0.3, -0.25) is 0 Å². The minimum atomic E-state index is 0.264. The number of hydrogen-bond acceptors (Lipinski definition) is 6. The minimum absolute atomic E-state index is 0.264. The van der Waals surface area contributed by atoms with Crippen molar-refractivity contribution in [3.8, 4) is 17.1 Å². The molecule has 2 heterocycles. The molecule has 6 rings (SSSR count). The van der Waals surface area contributed by atoms with Gasteiger partial charge in [0.2, 0.25) is 0 Å². The van der Waals surface area contributed by atoms with Crippen LogP contribution in [0.5, 0.6) is 5.75 Å². The first kappa shape index (κ1) is 19.1. The third-order valence-electron chi connectivity index (χ3n) is 7.02. The zero-order valence-corrected chi connectivity index (χ0v) is 18.6. The summed E-state index contributed by atoms with van der Waals surface area (Å²) in [7, 11) is 1.70. The van der Waals surface area contributed by atoms with Crippen LogP contribution in [-0.4, -0.2) is 25.4 Å². The molecule has 0 atom stereocenters. The Morgan fingerprint density at radius 2 is 1.94 bits per heavy atom. The molecule has 3 aromatic rings. The van der Waals surface area contributed by atoms with Crippen LogP contribution in [0.15, 0.2) is 51.9 Å². The number of hydrogen-bond donors (Lipinski definition) is 1. The van der Waals surface area contributed by atoms with Crippen molar-refractivity contribution in [3.05, 3.63) is 53.6 Å². The molecule has 2 aromatic carbocycles. The molecule has 31 heavy (non-hydrogen) atoms. The molecule has 5 nitrogen and oxygen atoms in total. The van der Waals surface area contributed by atoms with Crippen LogP contribution in [0, 0.1) is 0 Å². The average Bonchev–Trinajstić information content (AvgIpc) is 3.48. The monoisotopic (exact) mass is 433 g/mol. The number of para-hydroxylation sites is 1. The Bertz CT molecular complexity index is 1120. The van der Waals surface area contributed by atoms with Gasteiger partial charge in [0.05, 0.1) is 12.0 Å². The molecule has 3 aliphatic rings. The van der Waals surface area contributed by atoms with Crippen LogP contribution < -0.4 is 14.4 Å². The summed E-state index contributed by atoms with van der Waals surface area (Å²) in [5.41, 5.74) is 5.48. The predicted octanol–water partition coefficient (Wildman–Crippen LogP) is 6.05. The molecule has 1 aliphatic heterocycles. The van der Waals surface area contributed by atoms with E-state index in [0.29, 0.717) is 0 Å². The third kappa shape index (κ3) is 3.28. The standard InChI is InChI=1S/C25H27N3O2S/c1-29-21-7-3-4-8-22(21)31-27-24-19-16-25(11-12-25)20-10-9-17(28-13-5-2-6-14-28)15-18(20)23(19)30-26-24/h3-4,7-10,15H,2,5-6,11-14,16H2,1H3,(H,26,27). The number of methoxy groups -OCH3 is 1. The van der Waals surface area contributed by atoms with Crippen molar-refractivity contribution in [1.29, 1.82) is 0 Å². The fraction of sp³-hybridized carbons (Fsp3) is 0.400. The fourth-order valence-corrected chi connectivity index (χ4v) is 5.90. The maximum absolute atomic E-state index is 5.95. The number of nitrogens with zero attached hydrogens (tertiary/aromatic N) is 2. The van der Waals surface area contributed by atoms with Crippen molar-refractivity contribution >= 4 is 23.5 Å². The highest BCUT2D eigenvalue weighted by Crippen LogP contribution is 2.59. The highest BCUT2D eigenvalue weighted by Gasteiger charge is 2.50. The largest absolute Gasteiger partial charge is 0.496 e. The molecule has 1 saturated carbocycles. The van der Waals surface area contributed by atoms with Crippen molar-refractivity contribution in [3.63, 3.8) is 0 Å². The van der Waals surface area contributed by atoms with Gasteiger partial charge in [-0.15, -0.1) is 0 Å². The number of piperidine rings is 1. The van der Waals surface area contributed by atoms with E-state index in [2.05, 4.69) is 33.0 Å².